The van der Waals surface area contributed by atoms with Crippen LogP contribution >= 0.6 is 0 Å². The minimum Gasteiger partial charge on any atom is -0.421 e. The normalized spacial score (nSPS) is 10.3. The van der Waals surface area contributed by atoms with Crippen LogP contribution in [0.2, 0.25) is 0 Å². The Labute approximate surface area is 120 Å². The molecule has 0 aliphatic rings. The molecule has 0 radical (unpaired) electrons. The summed E-state index contributed by atoms with van der Waals surface area (Å²) in [5, 5.41) is 10.6. The molecule has 2 heterocycles. The van der Waals surface area contributed by atoms with Crippen molar-refractivity contribution in [2.75, 3.05) is 5.32 Å². The smallest absolute Gasteiger partial charge is 0.257 e. The highest BCUT2D eigenvalue weighted by molar-refractivity contribution is 6.04. The maximum absolute atomic E-state index is 12.1. The Kier molecular flexibility index (Phi) is 3.42. The van der Waals surface area contributed by atoms with E-state index < -0.39 is 0 Å². The van der Waals surface area contributed by atoms with Gasteiger partial charge in [0.15, 0.2) is 0 Å². The van der Waals surface area contributed by atoms with Crippen LogP contribution in [0.5, 0.6) is 0 Å². The van der Waals surface area contributed by atoms with Crippen molar-refractivity contribution < 1.29 is 9.21 Å². The summed E-state index contributed by atoms with van der Waals surface area (Å²) in [4.78, 5) is 16.0. The van der Waals surface area contributed by atoms with Crippen molar-refractivity contribution >= 4 is 11.6 Å². The van der Waals surface area contributed by atoms with E-state index in [9.17, 15) is 4.79 Å². The van der Waals surface area contributed by atoms with E-state index in [1.54, 1.807) is 37.4 Å². The van der Waals surface area contributed by atoms with Crippen molar-refractivity contribution in [2.45, 2.75) is 6.92 Å². The first-order chi connectivity index (χ1) is 10.2. The van der Waals surface area contributed by atoms with E-state index in [-0.39, 0.29) is 5.91 Å². The van der Waals surface area contributed by atoms with E-state index >= 15 is 0 Å². The van der Waals surface area contributed by atoms with Gasteiger partial charge in [0, 0.05) is 30.6 Å². The average Bonchev–Trinajstić information content (AvgIpc) is 2.95. The SMILES string of the molecule is Cc1nnc(-c2cccc(NC(=O)c3cccnc3)c2)o1. The van der Waals surface area contributed by atoms with Crippen LogP contribution in [0, 0.1) is 6.92 Å². The number of pyridine rings is 1. The second kappa shape index (κ2) is 5.54. The number of aryl methyl sites for hydroxylation is 1. The van der Waals surface area contributed by atoms with Gasteiger partial charge in [-0.05, 0) is 30.3 Å². The van der Waals surface area contributed by atoms with E-state index in [2.05, 4.69) is 20.5 Å². The number of hydrogen-bond donors (Lipinski definition) is 1. The van der Waals surface area contributed by atoms with Gasteiger partial charge in [-0.15, -0.1) is 10.2 Å². The first-order valence-electron chi connectivity index (χ1n) is 6.34. The Morgan fingerprint density at radius 3 is 2.81 bits per heavy atom. The maximum Gasteiger partial charge on any atom is 0.257 e. The molecule has 0 unspecified atom stereocenters. The Morgan fingerprint density at radius 1 is 1.19 bits per heavy atom. The quantitative estimate of drug-likeness (QED) is 0.797. The van der Waals surface area contributed by atoms with Crippen LogP contribution in [0.25, 0.3) is 11.5 Å². The molecule has 1 aromatic carbocycles. The molecule has 0 aliphatic heterocycles. The van der Waals surface area contributed by atoms with Crippen LogP contribution in [0.1, 0.15) is 16.2 Å². The number of carbonyl (C=O) groups is 1. The highest BCUT2D eigenvalue weighted by Gasteiger charge is 2.09. The fraction of sp³-hybridized carbons (Fsp3) is 0.0667. The lowest BCUT2D eigenvalue weighted by Crippen LogP contribution is -2.11. The van der Waals surface area contributed by atoms with Gasteiger partial charge in [-0.2, -0.15) is 0 Å². The zero-order valence-corrected chi connectivity index (χ0v) is 11.3. The van der Waals surface area contributed by atoms with Gasteiger partial charge in [0.05, 0.1) is 5.56 Å². The van der Waals surface area contributed by atoms with Crippen LogP contribution in [-0.4, -0.2) is 21.1 Å². The fourth-order valence-electron chi connectivity index (χ4n) is 1.84. The molecule has 21 heavy (non-hydrogen) atoms. The maximum atomic E-state index is 12.1. The van der Waals surface area contributed by atoms with E-state index in [0.717, 1.165) is 5.56 Å². The topological polar surface area (TPSA) is 80.9 Å². The molecule has 0 fully saturated rings. The van der Waals surface area contributed by atoms with Crippen molar-refractivity contribution in [3.05, 3.63) is 60.2 Å². The molecule has 0 spiro atoms. The number of hydrogen-bond acceptors (Lipinski definition) is 5. The van der Waals surface area contributed by atoms with Gasteiger partial charge in [-0.3, -0.25) is 9.78 Å². The summed E-state index contributed by atoms with van der Waals surface area (Å²) in [6, 6.07) is 10.6. The minimum atomic E-state index is -0.220. The van der Waals surface area contributed by atoms with E-state index in [4.69, 9.17) is 4.42 Å². The Bertz CT molecular complexity index is 768. The lowest BCUT2D eigenvalue weighted by molar-refractivity contribution is 0.102. The van der Waals surface area contributed by atoms with Gasteiger partial charge in [-0.1, -0.05) is 6.07 Å². The summed E-state index contributed by atoms with van der Waals surface area (Å²) in [7, 11) is 0. The molecular formula is C15H12N4O2. The van der Waals surface area contributed by atoms with E-state index in [0.29, 0.717) is 23.0 Å². The molecule has 104 valence electrons. The van der Waals surface area contributed by atoms with E-state index in [1.807, 2.05) is 12.1 Å². The summed E-state index contributed by atoms with van der Waals surface area (Å²) >= 11 is 0. The summed E-state index contributed by atoms with van der Waals surface area (Å²) in [6.07, 6.45) is 3.13. The number of rotatable bonds is 3. The molecule has 0 bridgehead atoms. The Morgan fingerprint density at radius 2 is 2.10 bits per heavy atom. The molecule has 1 N–H and O–H groups in total. The first kappa shape index (κ1) is 13.0. The molecule has 1 amide bonds. The molecule has 3 aromatic rings. The van der Waals surface area contributed by atoms with Crippen molar-refractivity contribution in [1.82, 2.24) is 15.2 Å². The zero-order chi connectivity index (χ0) is 14.7. The Balaban J connectivity index is 1.82. The third-order valence-electron chi connectivity index (χ3n) is 2.82. The van der Waals surface area contributed by atoms with Gasteiger partial charge < -0.3 is 9.73 Å². The van der Waals surface area contributed by atoms with Crippen LogP contribution in [-0.2, 0) is 0 Å². The summed E-state index contributed by atoms with van der Waals surface area (Å²) in [6.45, 7) is 1.73. The number of amides is 1. The van der Waals surface area contributed by atoms with Crippen LogP contribution in [0.15, 0.2) is 53.2 Å². The zero-order valence-electron chi connectivity index (χ0n) is 11.3. The summed E-state index contributed by atoms with van der Waals surface area (Å²) < 4.78 is 5.37. The van der Waals surface area contributed by atoms with Crippen LogP contribution in [0.3, 0.4) is 0 Å². The van der Waals surface area contributed by atoms with Gasteiger partial charge in [0.1, 0.15) is 0 Å². The lowest BCUT2D eigenvalue weighted by Gasteiger charge is -2.05. The van der Waals surface area contributed by atoms with Crippen molar-refractivity contribution in [1.29, 1.82) is 0 Å². The molecule has 2 aromatic heterocycles. The molecule has 0 atom stereocenters. The highest BCUT2D eigenvalue weighted by Crippen LogP contribution is 2.21. The van der Waals surface area contributed by atoms with Crippen LogP contribution < -0.4 is 5.32 Å². The largest absolute Gasteiger partial charge is 0.421 e. The molecule has 6 nitrogen and oxygen atoms in total. The van der Waals surface area contributed by atoms with Crippen molar-refractivity contribution in [2.24, 2.45) is 0 Å². The number of benzene rings is 1. The number of nitrogens with zero attached hydrogens (tertiary/aromatic N) is 3. The highest BCUT2D eigenvalue weighted by atomic mass is 16.4. The molecule has 0 saturated heterocycles. The van der Waals surface area contributed by atoms with Gasteiger partial charge in [0.2, 0.25) is 11.8 Å². The minimum absolute atomic E-state index is 0.220. The standard InChI is InChI=1S/C15H12N4O2/c1-10-18-19-15(21-10)11-4-2-6-13(8-11)17-14(20)12-5-3-7-16-9-12/h2-9H,1H3,(H,17,20). The van der Waals surface area contributed by atoms with E-state index in [1.165, 1.54) is 6.20 Å². The number of carbonyl (C=O) groups excluding carboxylic acids is 1. The third-order valence-corrected chi connectivity index (χ3v) is 2.82. The monoisotopic (exact) mass is 280 g/mol. The van der Waals surface area contributed by atoms with Gasteiger partial charge in [0.25, 0.3) is 5.91 Å². The van der Waals surface area contributed by atoms with Gasteiger partial charge in [-0.25, -0.2) is 0 Å². The number of nitrogens with one attached hydrogen (secondary N) is 1. The third kappa shape index (κ3) is 2.94. The number of anilines is 1. The molecule has 3 rings (SSSR count). The van der Waals surface area contributed by atoms with Crippen molar-refractivity contribution in [3.63, 3.8) is 0 Å². The second-order valence-corrected chi connectivity index (χ2v) is 4.40. The average molecular weight is 280 g/mol. The second-order valence-electron chi connectivity index (χ2n) is 4.40. The first-order valence-corrected chi connectivity index (χ1v) is 6.34. The number of aromatic nitrogens is 3. The van der Waals surface area contributed by atoms with Crippen molar-refractivity contribution in [3.8, 4) is 11.5 Å². The molecular weight excluding hydrogens is 268 g/mol. The summed E-state index contributed by atoms with van der Waals surface area (Å²) in [5.41, 5.74) is 1.90. The lowest BCUT2D eigenvalue weighted by atomic mass is 10.2. The van der Waals surface area contributed by atoms with Gasteiger partial charge >= 0.3 is 0 Å². The van der Waals surface area contributed by atoms with Crippen LogP contribution in [0.4, 0.5) is 5.69 Å². The predicted octanol–water partition coefficient (Wildman–Crippen LogP) is 2.69. The summed E-state index contributed by atoms with van der Waals surface area (Å²) in [5.74, 6) is 0.696. The molecule has 0 saturated carbocycles. The molecule has 6 heteroatoms. The predicted molar refractivity (Wildman–Crippen MR) is 76.7 cm³/mol. The molecule has 0 aliphatic carbocycles. The fourth-order valence-corrected chi connectivity index (χ4v) is 1.84. The Hall–Kier alpha value is -3.02.